The van der Waals surface area contributed by atoms with Gasteiger partial charge in [0, 0.05) is 74.4 Å². The molecule has 1 aliphatic carbocycles. The highest BCUT2D eigenvalue weighted by Gasteiger charge is 2.33. The monoisotopic (exact) mass is 1090 g/mol. The molecular formula is C55H63Cl2FN6O10S. The van der Waals surface area contributed by atoms with Crippen LogP contribution in [-0.4, -0.2) is 152 Å². The minimum atomic E-state index is -1.47. The molecule has 3 aromatic heterocycles. The molecule has 3 aromatic carbocycles. The molecule has 20 heteroatoms. The first-order chi connectivity index (χ1) is 36.4. The minimum Gasteiger partial charge on any atom is -0.490 e. The summed E-state index contributed by atoms with van der Waals surface area (Å²) in [6.45, 7) is 11.1. The zero-order valence-electron chi connectivity index (χ0n) is 42.7. The number of carbonyl (C=O) groups is 1. The smallest absolute Gasteiger partial charge is 0.345 e. The summed E-state index contributed by atoms with van der Waals surface area (Å²) in [4.78, 5) is 38.1. The summed E-state index contributed by atoms with van der Waals surface area (Å²) >= 11 is 16.0. The molecule has 0 unspecified atom stereocenters. The number of carboxylic acids is 1. The summed E-state index contributed by atoms with van der Waals surface area (Å²) in [7, 11) is 3.75. The highest BCUT2D eigenvalue weighted by atomic mass is 35.5. The van der Waals surface area contributed by atoms with Crippen molar-refractivity contribution in [3.63, 3.8) is 0 Å². The summed E-state index contributed by atoms with van der Waals surface area (Å²) in [5.41, 5.74) is 4.47. The van der Waals surface area contributed by atoms with Gasteiger partial charge in [0.1, 0.15) is 53.6 Å². The fourth-order valence-electron chi connectivity index (χ4n) is 9.78. The van der Waals surface area contributed by atoms with Gasteiger partial charge in [-0.1, -0.05) is 35.3 Å². The summed E-state index contributed by atoms with van der Waals surface area (Å²) in [6.07, 6.45) is 4.64. The number of nitrogens with zero attached hydrogens (tertiary/aromatic N) is 6. The molecule has 0 radical (unpaired) electrons. The van der Waals surface area contributed by atoms with Gasteiger partial charge in [-0.15, -0.1) is 11.3 Å². The van der Waals surface area contributed by atoms with E-state index in [0.29, 0.717) is 128 Å². The van der Waals surface area contributed by atoms with Crippen LogP contribution in [0.3, 0.4) is 0 Å². The number of likely N-dealkylation sites (N-methyl/N-ethyl adjacent to an activating group) is 1. The number of fused-ring (bicyclic) bond motifs is 7. The highest BCUT2D eigenvalue weighted by Crippen LogP contribution is 2.53. The van der Waals surface area contributed by atoms with Crippen molar-refractivity contribution in [3.05, 3.63) is 105 Å². The summed E-state index contributed by atoms with van der Waals surface area (Å²) in [5.74, 6) is 0.525. The number of aliphatic carboxylic acids is 1. The van der Waals surface area contributed by atoms with Crippen LogP contribution in [0, 0.1) is 19.7 Å². The fourth-order valence-corrected chi connectivity index (χ4v) is 11.4. The molecule has 6 heterocycles. The fraction of sp³-hybridized carbons (Fsp3) is 0.473. The lowest BCUT2D eigenvalue weighted by Gasteiger charge is -2.35. The standard InChI is InChI=1S/C55H63Cl2FN6O10S/c1-33-45-34(2)49(57)50(48(33)56)73-42(29-64-19-17-63(3)18-20-64)31-71-41-13-14-43(72-30-39-15-16-59-52(62-39)36-7-11-40(12-8-36)70-26-25-69-24-23-68-22-21-67-4)37(27-41)28-44(55(65)66)74-53-47-46(45)51(75-54(47)61-32-60-53)35-5-9-38(58)10-6-35/h5-6,9-10,13-16,27,32,36,40,42,44H,7-8,11-12,17-26,28-31H2,1-4H3,(H,65,66)/t36-,40+,42-,44-/m1/s1. The second kappa shape index (κ2) is 25.7. The lowest BCUT2D eigenvalue weighted by Crippen LogP contribution is -2.49. The van der Waals surface area contributed by atoms with Crippen LogP contribution in [0.1, 0.15) is 59.8 Å². The molecule has 2 atom stereocenters. The van der Waals surface area contributed by atoms with Gasteiger partial charge >= 0.3 is 5.97 Å². The first kappa shape index (κ1) is 54.5. The van der Waals surface area contributed by atoms with E-state index in [1.54, 1.807) is 43.6 Å². The summed E-state index contributed by atoms with van der Waals surface area (Å²) in [6, 6.07) is 13.3. The van der Waals surface area contributed by atoms with E-state index >= 15 is 0 Å². The number of hydrogen-bond donors (Lipinski definition) is 1. The van der Waals surface area contributed by atoms with E-state index in [2.05, 4.69) is 31.8 Å². The van der Waals surface area contributed by atoms with E-state index in [9.17, 15) is 14.3 Å². The third-order valence-corrected chi connectivity index (χ3v) is 16.0. The molecule has 1 N–H and O–H groups in total. The van der Waals surface area contributed by atoms with Gasteiger partial charge in [-0.05, 0) is 105 Å². The lowest BCUT2D eigenvalue weighted by atomic mass is 9.87. The number of piperazine rings is 1. The molecule has 6 aromatic rings. The van der Waals surface area contributed by atoms with Gasteiger partial charge in [0.05, 0.1) is 66.9 Å². The molecule has 3 aliphatic heterocycles. The average Bonchev–Trinajstić information content (AvgIpc) is 3.82. The molecule has 0 amide bonds. The van der Waals surface area contributed by atoms with Crippen LogP contribution in [0.4, 0.5) is 4.39 Å². The van der Waals surface area contributed by atoms with Crippen molar-refractivity contribution in [2.45, 2.75) is 76.8 Å². The van der Waals surface area contributed by atoms with E-state index in [-0.39, 0.29) is 37.5 Å². The van der Waals surface area contributed by atoms with Crippen molar-refractivity contribution < 1.29 is 52.2 Å². The van der Waals surface area contributed by atoms with Crippen molar-refractivity contribution in [3.8, 4) is 44.7 Å². The Bertz CT molecular complexity index is 2870. The molecular weight excluding hydrogens is 1030 g/mol. The first-order valence-electron chi connectivity index (χ1n) is 25.4. The Balaban J connectivity index is 0.999. The van der Waals surface area contributed by atoms with Crippen LogP contribution >= 0.6 is 34.5 Å². The Morgan fingerprint density at radius 1 is 0.867 bits per heavy atom. The van der Waals surface area contributed by atoms with Crippen LogP contribution in [0.15, 0.2) is 61.1 Å². The Morgan fingerprint density at radius 2 is 1.59 bits per heavy atom. The number of thiophene rings is 1. The number of rotatable bonds is 18. The van der Waals surface area contributed by atoms with Crippen molar-refractivity contribution >= 4 is 50.7 Å². The number of halogens is 3. The lowest BCUT2D eigenvalue weighted by molar-refractivity contribution is -0.145. The van der Waals surface area contributed by atoms with Gasteiger partial charge in [0.15, 0.2) is 5.75 Å². The molecule has 1 saturated heterocycles. The molecule has 4 bridgehead atoms. The molecule has 4 aliphatic rings. The summed E-state index contributed by atoms with van der Waals surface area (Å²) < 4.78 is 63.1. The number of ether oxygens (including phenoxy) is 8. The van der Waals surface area contributed by atoms with E-state index in [4.69, 9.17) is 66.1 Å². The van der Waals surface area contributed by atoms with Gasteiger partial charge in [-0.3, -0.25) is 4.90 Å². The van der Waals surface area contributed by atoms with Gasteiger partial charge in [-0.2, -0.15) is 0 Å². The molecule has 10 rings (SSSR count). The number of benzene rings is 3. The van der Waals surface area contributed by atoms with E-state index in [1.807, 2.05) is 19.9 Å². The Morgan fingerprint density at radius 3 is 2.31 bits per heavy atom. The van der Waals surface area contributed by atoms with Crippen LogP contribution in [0.25, 0.3) is 31.8 Å². The van der Waals surface area contributed by atoms with E-state index in [0.717, 1.165) is 57.7 Å². The van der Waals surface area contributed by atoms with E-state index < -0.39 is 24.0 Å². The zero-order chi connectivity index (χ0) is 52.4. The zero-order valence-corrected chi connectivity index (χ0v) is 45.0. The predicted molar refractivity (Wildman–Crippen MR) is 285 cm³/mol. The number of methoxy groups -OCH3 is 1. The number of hydrogen-bond acceptors (Lipinski definition) is 16. The van der Waals surface area contributed by atoms with Crippen LogP contribution in [0.5, 0.6) is 23.1 Å². The third-order valence-electron chi connectivity index (χ3n) is 13.9. The van der Waals surface area contributed by atoms with Crippen LogP contribution in [0.2, 0.25) is 10.0 Å². The van der Waals surface area contributed by atoms with Crippen LogP contribution < -0.4 is 18.9 Å². The van der Waals surface area contributed by atoms with Crippen molar-refractivity contribution in [1.82, 2.24) is 29.7 Å². The van der Waals surface area contributed by atoms with Gasteiger partial charge in [-0.25, -0.2) is 29.1 Å². The molecule has 2 fully saturated rings. The predicted octanol–water partition coefficient (Wildman–Crippen LogP) is 9.64. The SMILES string of the molecule is COCCOCCOCCO[C@H]1CC[C@@H](c2nccc(COc3ccc4cc3C[C@H](C(=O)O)Oc3ncnc5sc(-c6ccc(F)cc6)c(c35)-c3c(C)c(Cl)c(c(Cl)c3C)O[C@H](CN3CCN(C)CC3)CO4)n2)CC1. The van der Waals surface area contributed by atoms with Crippen molar-refractivity contribution in [1.29, 1.82) is 0 Å². The van der Waals surface area contributed by atoms with Crippen molar-refractivity contribution in [2.75, 3.05) is 93.1 Å². The van der Waals surface area contributed by atoms with Gasteiger partial charge < -0.3 is 47.9 Å². The topological polar surface area (TPSA) is 169 Å². The normalized spacial score (nSPS) is 19.6. The Kier molecular flexibility index (Phi) is 18.7. The summed E-state index contributed by atoms with van der Waals surface area (Å²) in [5, 5.41) is 12.0. The molecule has 1 saturated carbocycles. The molecule has 16 nitrogen and oxygen atoms in total. The Hall–Kier alpha value is -5.28. The minimum absolute atomic E-state index is 0.0310. The Labute approximate surface area is 450 Å². The second-order valence-corrected chi connectivity index (χ2v) is 20.8. The number of aromatic nitrogens is 4. The van der Waals surface area contributed by atoms with Gasteiger partial charge in [0.2, 0.25) is 12.0 Å². The third kappa shape index (κ3) is 13.5. The maximum absolute atomic E-state index is 14.4. The molecule has 400 valence electrons. The molecule has 75 heavy (non-hydrogen) atoms. The quantitative estimate of drug-likeness (QED) is 0.0807. The van der Waals surface area contributed by atoms with E-state index in [1.165, 1.54) is 29.8 Å². The maximum Gasteiger partial charge on any atom is 0.345 e. The highest BCUT2D eigenvalue weighted by molar-refractivity contribution is 7.22. The van der Waals surface area contributed by atoms with Gasteiger partial charge in [0.25, 0.3) is 0 Å². The van der Waals surface area contributed by atoms with Crippen LogP contribution in [-0.2, 0) is 36.8 Å². The average molecular weight is 1090 g/mol. The molecule has 0 spiro atoms. The largest absolute Gasteiger partial charge is 0.490 e. The van der Waals surface area contributed by atoms with Crippen molar-refractivity contribution in [2.24, 2.45) is 0 Å². The first-order valence-corrected chi connectivity index (χ1v) is 27.0. The number of carboxylic acid groups (broad SMARTS) is 1. The maximum atomic E-state index is 14.4. The second-order valence-electron chi connectivity index (χ2n) is 19.1.